The molecule has 0 aromatic rings. The van der Waals surface area contributed by atoms with Gasteiger partial charge in [-0.05, 0) is 0 Å². The Morgan fingerprint density at radius 1 is 0.500 bits per heavy atom. The summed E-state index contributed by atoms with van der Waals surface area (Å²) in [5, 5.41) is 0. The second-order valence-corrected chi connectivity index (χ2v) is 0. The van der Waals surface area contributed by atoms with Crippen LogP contribution in [0.3, 0.4) is 0 Å². The Balaban J connectivity index is 0. The first kappa shape index (κ1) is 11300. The van der Waals surface area contributed by atoms with Crippen molar-refractivity contribution in [3.8, 4) is 0 Å². The molecule has 4 heteroatoms. The average molecular weight is 61.9 g/mol. The minimum Gasteiger partial charge on any atom is -0.344 e. The lowest BCUT2D eigenvalue weighted by molar-refractivity contribution is 2.13. The van der Waals surface area contributed by atoms with E-state index >= 15 is 0 Å². The highest BCUT2D eigenvalue weighted by atomic mass is 14.0. The predicted molar refractivity (Wildman–Crippen MR) is 20.8 cm³/mol. The quantitative estimate of drug-likeness (QED) is 0.346. The van der Waals surface area contributed by atoms with Crippen LogP contribution in [-0.4, -0.2) is 8.41 Å². The molecule has 0 amide bonds. The van der Waals surface area contributed by atoms with Crippen molar-refractivity contribution in [3.63, 3.8) is 0 Å². The first-order valence-electron chi connectivity index (χ1n) is 0. The van der Waals surface area contributed by atoms with Crippen molar-refractivity contribution in [3.05, 3.63) is 0 Å². The van der Waals surface area contributed by atoms with E-state index in [1.54, 1.807) is 0 Å². The summed E-state index contributed by atoms with van der Waals surface area (Å²) < 4.78 is 0. The maximum Gasteiger partial charge on any atom is 0 e. The second kappa shape index (κ2) is 3670. The Hall–Kier alpha value is -0.0551. The van der Waals surface area contributed by atoms with Gasteiger partial charge in [-0.2, -0.15) is 0 Å². The van der Waals surface area contributed by atoms with Crippen molar-refractivity contribution in [2.75, 3.05) is 0 Å². The molecule has 0 aliphatic heterocycles. The lowest BCUT2D eigenvalue weighted by atomic mass is 10.8. The lowest BCUT2D eigenvalue weighted by Gasteiger charge is -0.345. The molecule has 4 heavy (non-hydrogen) atoms. The molecule has 9 N–H and O–H groups in total. The molecule has 0 saturated heterocycles. The van der Waals surface area contributed by atoms with Crippen molar-refractivity contribution >= 4 is 8.41 Å². The van der Waals surface area contributed by atoms with Crippen LogP contribution in [-0.2, 0) is 0 Å². The van der Waals surface area contributed by atoms with Gasteiger partial charge >= 0.3 is 0 Å². The van der Waals surface area contributed by atoms with Crippen LogP contribution in [0.4, 0.5) is 0 Å². The van der Waals surface area contributed by atoms with Crippen LogP contribution < -0.4 is 18.5 Å². The van der Waals surface area contributed by atoms with Gasteiger partial charge in [0.1, 0.15) is 0 Å². The summed E-state index contributed by atoms with van der Waals surface area (Å²) >= 11 is 0. The molecule has 0 atom stereocenters. The molecule has 27 valence electrons. The van der Waals surface area contributed by atoms with E-state index in [1.165, 1.54) is 0 Å². The zero-order valence-corrected chi connectivity index (χ0v) is 2.70. The molecule has 0 aromatic heterocycles. The molecule has 0 heterocycles. The standard InChI is InChI=1S/B.3H3N/h;3*1H3. The van der Waals surface area contributed by atoms with Crippen LogP contribution in [0.2, 0.25) is 0 Å². The lowest BCUT2D eigenvalue weighted by Crippen LogP contribution is -0.482. The summed E-state index contributed by atoms with van der Waals surface area (Å²) in [4.78, 5) is 0. The van der Waals surface area contributed by atoms with E-state index in [1.807, 2.05) is 0 Å². The first-order chi connectivity index (χ1) is 0. The van der Waals surface area contributed by atoms with E-state index in [0.717, 1.165) is 0 Å². The number of rotatable bonds is 0. The molecule has 0 aliphatic rings. The maximum atomic E-state index is 0. The zero-order chi connectivity index (χ0) is 0. The van der Waals surface area contributed by atoms with Gasteiger partial charge < -0.3 is 18.5 Å². The fourth-order valence-electron chi connectivity index (χ4n) is 0. The number of hydrogen-bond acceptors (Lipinski definition) is 3. The molecule has 0 rings (SSSR count). The van der Waals surface area contributed by atoms with Crippen LogP contribution in [0.1, 0.15) is 0 Å². The van der Waals surface area contributed by atoms with Crippen LogP contribution >= 0.6 is 0 Å². The van der Waals surface area contributed by atoms with Gasteiger partial charge in [-0.3, -0.25) is 0 Å². The molecule has 3 radical (unpaired) electrons. The highest BCUT2D eigenvalue weighted by molar-refractivity contribution is 5.75. The summed E-state index contributed by atoms with van der Waals surface area (Å²) in [6.07, 6.45) is 0. The normalized spacial score (nSPS) is 0. The molecule has 0 spiro atoms. The third-order valence-corrected chi connectivity index (χ3v) is 0. The number of hydrogen-bond donors (Lipinski definition) is 3. The van der Waals surface area contributed by atoms with Gasteiger partial charge in [-0.1, -0.05) is 0 Å². The maximum absolute atomic E-state index is 0. The Morgan fingerprint density at radius 3 is 0.500 bits per heavy atom. The van der Waals surface area contributed by atoms with E-state index in [-0.39, 0.29) is 26.9 Å². The van der Waals surface area contributed by atoms with Crippen LogP contribution in [0.25, 0.3) is 0 Å². The fraction of sp³-hybridized carbons (Fsp3) is 0. The van der Waals surface area contributed by atoms with Crippen molar-refractivity contribution in [1.29, 1.82) is 0 Å². The predicted octanol–water partition coefficient (Wildman–Crippen LogP) is 0.105. The van der Waals surface area contributed by atoms with Crippen LogP contribution in [0.15, 0.2) is 0 Å². The first-order valence-corrected chi connectivity index (χ1v) is 0. The van der Waals surface area contributed by atoms with E-state index in [9.17, 15) is 0 Å². The molecular formula is H9BN3. The molecular weight excluding hydrogens is 52.8 g/mol. The van der Waals surface area contributed by atoms with Crippen LogP contribution in [0, 0.1) is 0 Å². The molecule has 0 aliphatic carbocycles. The third kappa shape index (κ3) is 573. The Labute approximate surface area is 28.1 Å². The Morgan fingerprint density at radius 2 is 0.500 bits per heavy atom. The van der Waals surface area contributed by atoms with Gasteiger partial charge in [0.25, 0.3) is 0 Å². The van der Waals surface area contributed by atoms with Crippen molar-refractivity contribution in [1.82, 2.24) is 18.5 Å². The SMILES string of the molecule is N.N.N.[B]. The molecule has 3 nitrogen and oxygen atoms in total. The van der Waals surface area contributed by atoms with E-state index in [4.69, 9.17) is 0 Å². The van der Waals surface area contributed by atoms with Gasteiger partial charge in [0.2, 0.25) is 0 Å². The fourth-order valence-corrected chi connectivity index (χ4v) is 0. The highest BCUT2D eigenvalue weighted by Gasteiger charge is 0.00000877. The summed E-state index contributed by atoms with van der Waals surface area (Å²) in [6.45, 7) is 0. The summed E-state index contributed by atoms with van der Waals surface area (Å²) in [5.74, 6) is 0. The van der Waals surface area contributed by atoms with Gasteiger partial charge in [0, 0.05) is 8.41 Å². The third-order valence-electron chi connectivity index (χ3n) is 0. The topological polar surface area (TPSA) is 105 Å². The van der Waals surface area contributed by atoms with Crippen molar-refractivity contribution < 1.29 is 0 Å². The molecule has 0 unspecified atom stereocenters. The summed E-state index contributed by atoms with van der Waals surface area (Å²) in [7, 11) is 0. The molecule has 0 aromatic carbocycles. The van der Waals surface area contributed by atoms with Gasteiger partial charge in [-0.15, -0.1) is 0 Å². The second-order valence-electron chi connectivity index (χ2n) is 0. The van der Waals surface area contributed by atoms with E-state index in [2.05, 4.69) is 0 Å². The van der Waals surface area contributed by atoms with Crippen molar-refractivity contribution in [2.24, 2.45) is 0 Å². The van der Waals surface area contributed by atoms with E-state index < -0.39 is 0 Å². The summed E-state index contributed by atoms with van der Waals surface area (Å²) in [5.41, 5.74) is 0. The zero-order valence-electron chi connectivity index (χ0n) is 2.70. The monoisotopic (exact) mass is 62.1 g/mol. The van der Waals surface area contributed by atoms with E-state index in [0.29, 0.717) is 0 Å². The van der Waals surface area contributed by atoms with Gasteiger partial charge in [-0.25, -0.2) is 0 Å². The van der Waals surface area contributed by atoms with Crippen LogP contribution in [0.5, 0.6) is 0 Å². The summed E-state index contributed by atoms with van der Waals surface area (Å²) in [6, 6.07) is 0. The average Bonchev–Trinajstić information content (AvgIpc) is 0. The molecule has 0 fully saturated rings. The smallest absolute Gasteiger partial charge is 0 e. The minimum atomic E-state index is 0. The molecule has 0 saturated carbocycles. The largest absolute Gasteiger partial charge is 0.344 e. The Kier molecular flexibility index (Phi) is 10400000. The molecule has 0 bridgehead atoms. The van der Waals surface area contributed by atoms with Gasteiger partial charge in [0.15, 0.2) is 0 Å². The Bertz CT molecular complexity index is 3.25. The minimum absolute atomic E-state index is 0. The highest BCUT2D eigenvalue weighted by Crippen LogP contribution is -0.381. The van der Waals surface area contributed by atoms with Crippen molar-refractivity contribution in [2.45, 2.75) is 0 Å². The van der Waals surface area contributed by atoms with Gasteiger partial charge in [0.05, 0.1) is 0 Å².